The predicted octanol–water partition coefficient (Wildman–Crippen LogP) is 0.715. The molecule has 2 rings (SSSR count). The molecule has 18 heavy (non-hydrogen) atoms. The van der Waals surface area contributed by atoms with Gasteiger partial charge in [0.2, 0.25) is 0 Å². The van der Waals surface area contributed by atoms with Crippen LogP contribution in [0.3, 0.4) is 0 Å². The molecule has 1 nitrogen and oxygen atoms in total. The molecule has 0 aromatic heterocycles. The molecule has 0 saturated heterocycles. The van der Waals surface area contributed by atoms with Crippen LogP contribution in [-0.4, -0.2) is 6.26 Å². The first-order chi connectivity index (χ1) is 8.26. The maximum absolute atomic E-state index is 12.0. The summed E-state index contributed by atoms with van der Waals surface area (Å²) in [4.78, 5) is 0.836. The van der Waals surface area contributed by atoms with Gasteiger partial charge in [0.15, 0.2) is 0 Å². The normalized spacial score (nSPS) is 9.89. The van der Waals surface area contributed by atoms with Crippen molar-refractivity contribution in [3.05, 3.63) is 48.0 Å². The van der Waals surface area contributed by atoms with Gasteiger partial charge >= 0.3 is 18.9 Å². The first kappa shape index (κ1) is 15.2. The second-order valence-electron chi connectivity index (χ2n) is 3.89. The Labute approximate surface area is 125 Å². The SMILES string of the molecule is CCc1cc(-c2ccccc2)cc(SC)c1[O-].[Li+]. The fourth-order valence-electron chi connectivity index (χ4n) is 1.87. The van der Waals surface area contributed by atoms with Gasteiger partial charge in [0.05, 0.1) is 0 Å². The van der Waals surface area contributed by atoms with Crippen molar-refractivity contribution in [2.45, 2.75) is 18.2 Å². The Morgan fingerprint density at radius 3 is 2.28 bits per heavy atom. The summed E-state index contributed by atoms with van der Waals surface area (Å²) in [5, 5.41) is 12.0. The Bertz CT molecular complexity index is 486. The molecule has 0 N–H and O–H groups in total. The van der Waals surface area contributed by atoms with Crippen molar-refractivity contribution in [2.75, 3.05) is 6.26 Å². The fraction of sp³-hybridized carbons (Fsp3) is 0.200. The van der Waals surface area contributed by atoms with Crippen LogP contribution < -0.4 is 24.0 Å². The number of aryl methyl sites for hydroxylation is 1. The van der Waals surface area contributed by atoms with E-state index in [1.165, 1.54) is 11.8 Å². The van der Waals surface area contributed by atoms with Gasteiger partial charge < -0.3 is 5.11 Å². The van der Waals surface area contributed by atoms with E-state index in [1.807, 2.05) is 43.5 Å². The molecule has 0 heterocycles. The van der Waals surface area contributed by atoms with Crippen LogP contribution in [0.5, 0.6) is 5.75 Å². The van der Waals surface area contributed by atoms with E-state index in [0.29, 0.717) is 0 Å². The molecule has 0 radical (unpaired) electrons. The Morgan fingerprint density at radius 1 is 1.06 bits per heavy atom. The van der Waals surface area contributed by atoms with E-state index in [4.69, 9.17) is 0 Å². The predicted molar refractivity (Wildman–Crippen MR) is 72.5 cm³/mol. The first-order valence-electron chi connectivity index (χ1n) is 5.69. The largest absolute Gasteiger partial charge is 1.00 e. The summed E-state index contributed by atoms with van der Waals surface area (Å²) in [5.74, 6) is 0.180. The average Bonchev–Trinajstić information content (AvgIpc) is 2.40. The van der Waals surface area contributed by atoms with Crippen molar-refractivity contribution < 1.29 is 24.0 Å². The molecule has 0 bridgehead atoms. The Morgan fingerprint density at radius 2 is 1.72 bits per heavy atom. The van der Waals surface area contributed by atoms with E-state index in [2.05, 4.69) is 12.1 Å². The van der Waals surface area contributed by atoms with Crippen molar-refractivity contribution >= 4 is 11.8 Å². The molecule has 0 aliphatic carbocycles. The van der Waals surface area contributed by atoms with Crippen molar-refractivity contribution in [3.63, 3.8) is 0 Å². The molecule has 0 spiro atoms. The van der Waals surface area contributed by atoms with Gasteiger partial charge in [-0.1, -0.05) is 54.6 Å². The van der Waals surface area contributed by atoms with Gasteiger partial charge in [-0.15, -0.1) is 11.8 Å². The number of hydrogen-bond donors (Lipinski definition) is 0. The van der Waals surface area contributed by atoms with E-state index >= 15 is 0 Å². The summed E-state index contributed by atoms with van der Waals surface area (Å²) in [6, 6.07) is 14.2. The molecule has 0 unspecified atom stereocenters. The second-order valence-corrected chi connectivity index (χ2v) is 4.73. The van der Waals surface area contributed by atoms with Crippen LogP contribution >= 0.6 is 11.8 Å². The summed E-state index contributed by atoms with van der Waals surface area (Å²) in [6.45, 7) is 2.02. The van der Waals surface area contributed by atoms with Crippen LogP contribution in [0.1, 0.15) is 12.5 Å². The van der Waals surface area contributed by atoms with Crippen LogP contribution in [-0.2, 0) is 6.42 Å². The fourth-order valence-corrected chi connectivity index (χ4v) is 2.43. The topological polar surface area (TPSA) is 23.1 Å². The van der Waals surface area contributed by atoms with Crippen molar-refractivity contribution in [1.82, 2.24) is 0 Å². The monoisotopic (exact) mass is 250 g/mol. The molecule has 0 aliphatic heterocycles. The molecule has 88 valence electrons. The van der Waals surface area contributed by atoms with E-state index < -0.39 is 0 Å². The number of rotatable bonds is 3. The maximum atomic E-state index is 12.0. The molecule has 0 amide bonds. The van der Waals surface area contributed by atoms with Gasteiger partial charge in [-0.05, 0) is 34.8 Å². The summed E-state index contributed by atoms with van der Waals surface area (Å²) in [5.41, 5.74) is 3.19. The quantitative estimate of drug-likeness (QED) is 0.592. The molecule has 2 aromatic carbocycles. The number of benzene rings is 2. The van der Waals surface area contributed by atoms with Gasteiger partial charge in [0, 0.05) is 0 Å². The third kappa shape index (κ3) is 3.14. The smallest absolute Gasteiger partial charge is 0.872 e. The molecule has 0 fully saturated rings. The Balaban J connectivity index is 0.00000162. The van der Waals surface area contributed by atoms with Crippen LogP contribution in [0, 0.1) is 0 Å². The Hall–Kier alpha value is -0.813. The van der Waals surface area contributed by atoms with Crippen LogP contribution in [0.15, 0.2) is 47.4 Å². The number of hydrogen-bond acceptors (Lipinski definition) is 2. The molecule has 0 aliphatic rings. The van der Waals surface area contributed by atoms with Crippen LogP contribution in [0.4, 0.5) is 0 Å². The number of thioether (sulfide) groups is 1. The van der Waals surface area contributed by atoms with E-state index in [1.54, 1.807) is 0 Å². The van der Waals surface area contributed by atoms with Crippen LogP contribution in [0.25, 0.3) is 11.1 Å². The average molecular weight is 250 g/mol. The zero-order valence-electron chi connectivity index (χ0n) is 11.1. The molecule has 3 heteroatoms. The van der Waals surface area contributed by atoms with Gasteiger partial charge in [-0.3, -0.25) is 0 Å². The molecular formula is C15H15LiOS. The summed E-state index contributed by atoms with van der Waals surface area (Å²) >= 11 is 1.52. The zero-order chi connectivity index (χ0) is 12.3. The molecular weight excluding hydrogens is 235 g/mol. The van der Waals surface area contributed by atoms with E-state index in [0.717, 1.165) is 28.0 Å². The van der Waals surface area contributed by atoms with E-state index in [-0.39, 0.29) is 24.6 Å². The van der Waals surface area contributed by atoms with Crippen LogP contribution in [0.2, 0.25) is 0 Å². The van der Waals surface area contributed by atoms with Crippen molar-refractivity contribution in [3.8, 4) is 16.9 Å². The third-order valence-corrected chi connectivity index (χ3v) is 3.58. The minimum absolute atomic E-state index is 0. The standard InChI is InChI=1S/C15H16OS.Li/c1-3-11-9-13(10-14(17-2)15(11)16)12-7-5-4-6-8-12;/h4-10,16H,3H2,1-2H3;/q;+1/p-1. The van der Waals surface area contributed by atoms with Gasteiger partial charge in [0.25, 0.3) is 0 Å². The van der Waals surface area contributed by atoms with Crippen molar-refractivity contribution in [1.29, 1.82) is 0 Å². The maximum Gasteiger partial charge on any atom is 1.00 e. The minimum Gasteiger partial charge on any atom is -0.872 e. The summed E-state index contributed by atoms with van der Waals surface area (Å²) < 4.78 is 0. The van der Waals surface area contributed by atoms with Gasteiger partial charge in [-0.25, -0.2) is 0 Å². The molecule has 0 saturated carbocycles. The minimum atomic E-state index is 0. The molecule has 2 aromatic rings. The second kappa shape index (κ2) is 6.94. The molecule has 0 atom stereocenters. The Kier molecular flexibility index (Phi) is 5.88. The third-order valence-electron chi connectivity index (χ3n) is 2.84. The van der Waals surface area contributed by atoms with Gasteiger partial charge in [0.1, 0.15) is 0 Å². The zero-order valence-corrected chi connectivity index (χ0v) is 11.9. The summed E-state index contributed by atoms with van der Waals surface area (Å²) in [6.07, 6.45) is 2.73. The van der Waals surface area contributed by atoms with Crippen molar-refractivity contribution in [2.24, 2.45) is 0 Å². The first-order valence-corrected chi connectivity index (χ1v) is 6.92. The van der Waals surface area contributed by atoms with Gasteiger partial charge in [-0.2, -0.15) is 0 Å². The van der Waals surface area contributed by atoms with E-state index in [9.17, 15) is 5.11 Å². The summed E-state index contributed by atoms with van der Waals surface area (Å²) in [7, 11) is 0.